The first-order valence-corrected chi connectivity index (χ1v) is 9.16. The lowest BCUT2D eigenvalue weighted by Crippen LogP contribution is -2.46. The van der Waals surface area contributed by atoms with Crippen LogP contribution in [0.5, 0.6) is 0 Å². The zero-order valence-electron chi connectivity index (χ0n) is 12.2. The summed E-state index contributed by atoms with van der Waals surface area (Å²) in [5, 5.41) is 1.28. The van der Waals surface area contributed by atoms with E-state index >= 15 is 0 Å². The highest BCUT2D eigenvalue weighted by Gasteiger charge is 2.35. The van der Waals surface area contributed by atoms with Crippen molar-refractivity contribution >= 4 is 16.5 Å². The second-order valence-corrected chi connectivity index (χ2v) is 7.76. The predicted molar refractivity (Wildman–Crippen MR) is 84.3 cm³/mol. The van der Waals surface area contributed by atoms with Gasteiger partial charge in [-0.3, -0.25) is 0 Å². The van der Waals surface area contributed by atoms with Gasteiger partial charge in [-0.25, -0.2) is 4.98 Å². The van der Waals surface area contributed by atoms with Crippen molar-refractivity contribution in [1.82, 2.24) is 4.98 Å². The molecular formula is C16H25N3S. The Morgan fingerprint density at radius 1 is 1.05 bits per heavy atom. The summed E-state index contributed by atoms with van der Waals surface area (Å²) in [6.07, 6.45) is 11.9. The van der Waals surface area contributed by atoms with E-state index in [4.69, 9.17) is 10.7 Å². The van der Waals surface area contributed by atoms with Gasteiger partial charge in [0.1, 0.15) is 0 Å². The molecule has 4 heteroatoms. The average Bonchev–Trinajstić information content (AvgIpc) is 2.92. The summed E-state index contributed by atoms with van der Waals surface area (Å²) in [5.74, 6) is 0.923. The molecule has 1 aliphatic heterocycles. The molecule has 1 saturated carbocycles. The molecule has 2 fully saturated rings. The highest BCUT2D eigenvalue weighted by molar-refractivity contribution is 7.15. The van der Waals surface area contributed by atoms with Gasteiger partial charge in [0, 0.05) is 23.5 Å². The molecule has 3 aliphatic rings. The van der Waals surface area contributed by atoms with Crippen LogP contribution in [0.4, 0.5) is 5.13 Å². The Kier molecular flexibility index (Phi) is 3.47. The highest BCUT2D eigenvalue weighted by atomic mass is 32.1. The molecule has 1 aromatic heterocycles. The Morgan fingerprint density at radius 3 is 2.80 bits per heavy atom. The van der Waals surface area contributed by atoms with Gasteiger partial charge in [0.25, 0.3) is 0 Å². The number of nitrogens with zero attached hydrogens (tertiary/aromatic N) is 2. The minimum absolute atomic E-state index is 0.247. The molecule has 0 aromatic carbocycles. The van der Waals surface area contributed by atoms with Crippen LogP contribution in [0.15, 0.2) is 0 Å². The molecule has 0 radical (unpaired) electrons. The topological polar surface area (TPSA) is 42.1 Å². The van der Waals surface area contributed by atoms with E-state index in [1.165, 1.54) is 67.2 Å². The zero-order chi connectivity index (χ0) is 13.5. The van der Waals surface area contributed by atoms with Crippen LogP contribution in [-0.2, 0) is 6.42 Å². The van der Waals surface area contributed by atoms with Gasteiger partial charge in [0.15, 0.2) is 5.13 Å². The first kappa shape index (κ1) is 13.1. The molecule has 3 atom stereocenters. The maximum Gasteiger partial charge on any atom is 0.186 e. The zero-order valence-corrected chi connectivity index (χ0v) is 13.0. The van der Waals surface area contributed by atoms with Crippen molar-refractivity contribution in [2.45, 2.75) is 69.9 Å². The van der Waals surface area contributed by atoms with Crippen molar-refractivity contribution in [1.29, 1.82) is 0 Å². The molecule has 20 heavy (non-hydrogen) atoms. The SMILES string of the molecule is NC1CCCc2nc(N3CCCC4CCCCC43)sc21. The van der Waals surface area contributed by atoms with Crippen molar-refractivity contribution in [3.63, 3.8) is 0 Å². The third-order valence-electron chi connectivity index (χ3n) is 5.47. The number of nitrogens with two attached hydrogens (primary N) is 1. The molecule has 1 saturated heterocycles. The number of anilines is 1. The van der Waals surface area contributed by atoms with Crippen molar-refractivity contribution in [3.05, 3.63) is 10.6 Å². The minimum atomic E-state index is 0.247. The average molecular weight is 291 g/mol. The Labute approximate surface area is 125 Å². The van der Waals surface area contributed by atoms with Crippen LogP contribution in [-0.4, -0.2) is 17.6 Å². The molecule has 0 amide bonds. The van der Waals surface area contributed by atoms with Crippen molar-refractivity contribution in [2.75, 3.05) is 11.4 Å². The molecule has 3 unspecified atom stereocenters. The fourth-order valence-electron chi connectivity index (χ4n) is 4.43. The second kappa shape index (κ2) is 5.30. The molecule has 3 nitrogen and oxygen atoms in total. The highest BCUT2D eigenvalue weighted by Crippen LogP contribution is 2.42. The third-order valence-corrected chi connectivity index (χ3v) is 6.74. The molecule has 0 bridgehead atoms. The predicted octanol–water partition coefficient (Wildman–Crippen LogP) is 3.64. The number of hydrogen-bond acceptors (Lipinski definition) is 4. The van der Waals surface area contributed by atoms with Crippen LogP contribution in [0, 0.1) is 5.92 Å². The second-order valence-electron chi connectivity index (χ2n) is 6.75. The molecule has 0 spiro atoms. The van der Waals surface area contributed by atoms with Gasteiger partial charge in [-0.15, -0.1) is 0 Å². The molecule has 1 aromatic rings. The van der Waals surface area contributed by atoms with Gasteiger partial charge in [0.2, 0.25) is 0 Å². The van der Waals surface area contributed by atoms with E-state index in [9.17, 15) is 0 Å². The van der Waals surface area contributed by atoms with Crippen molar-refractivity contribution in [2.24, 2.45) is 11.7 Å². The fourth-order valence-corrected chi connectivity index (χ4v) is 5.66. The van der Waals surface area contributed by atoms with Gasteiger partial charge in [-0.1, -0.05) is 24.2 Å². The summed E-state index contributed by atoms with van der Waals surface area (Å²) >= 11 is 1.90. The molecule has 110 valence electrons. The van der Waals surface area contributed by atoms with Crippen molar-refractivity contribution < 1.29 is 0 Å². The third kappa shape index (κ3) is 2.17. The van der Waals surface area contributed by atoms with Crippen LogP contribution >= 0.6 is 11.3 Å². The quantitative estimate of drug-likeness (QED) is 0.859. The van der Waals surface area contributed by atoms with E-state index in [1.807, 2.05) is 11.3 Å². The van der Waals surface area contributed by atoms with Crippen molar-refractivity contribution in [3.8, 4) is 0 Å². The Balaban J connectivity index is 1.63. The number of piperidine rings is 1. The number of fused-ring (bicyclic) bond motifs is 2. The number of aromatic nitrogens is 1. The van der Waals surface area contributed by atoms with E-state index in [0.717, 1.165) is 24.8 Å². The Hall–Kier alpha value is -0.610. The van der Waals surface area contributed by atoms with Crippen LogP contribution in [0.1, 0.15) is 68.0 Å². The normalized spacial score (nSPS) is 33.6. The number of aryl methyl sites for hydroxylation is 1. The standard InChI is InChI=1S/C16H25N3S/c17-12-7-3-8-13-15(12)20-16(18-13)19-10-4-6-11-5-1-2-9-14(11)19/h11-12,14H,1-10,17H2. The molecular weight excluding hydrogens is 266 g/mol. The van der Waals surface area contributed by atoms with Gasteiger partial charge in [-0.05, 0) is 50.9 Å². The summed E-state index contributed by atoms with van der Waals surface area (Å²) in [6, 6.07) is 1.01. The van der Waals surface area contributed by atoms with Gasteiger partial charge >= 0.3 is 0 Å². The monoisotopic (exact) mass is 291 g/mol. The van der Waals surface area contributed by atoms with E-state index in [1.54, 1.807) is 0 Å². The summed E-state index contributed by atoms with van der Waals surface area (Å²) < 4.78 is 0. The number of rotatable bonds is 1. The maximum atomic E-state index is 6.27. The van der Waals surface area contributed by atoms with E-state index in [0.29, 0.717) is 0 Å². The molecule has 2 heterocycles. The number of thiazole rings is 1. The minimum Gasteiger partial charge on any atom is -0.345 e. The van der Waals surface area contributed by atoms with E-state index in [-0.39, 0.29) is 6.04 Å². The smallest absolute Gasteiger partial charge is 0.186 e. The first-order valence-electron chi connectivity index (χ1n) is 8.35. The van der Waals surface area contributed by atoms with Gasteiger partial charge in [0.05, 0.1) is 5.69 Å². The van der Waals surface area contributed by atoms with Crippen LogP contribution in [0.25, 0.3) is 0 Å². The van der Waals surface area contributed by atoms with Crippen LogP contribution in [0.2, 0.25) is 0 Å². The summed E-state index contributed by atoms with van der Waals surface area (Å²) in [4.78, 5) is 9.00. The summed E-state index contributed by atoms with van der Waals surface area (Å²) in [5.41, 5.74) is 7.58. The largest absolute Gasteiger partial charge is 0.345 e. The van der Waals surface area contributed by atoms with Crippen LogP contribution in [0.3, 0.4) is 0 Å². The fraction of sp³-hybridized carbons (Fsp3) is 0.812. The summed E-state index contributed by atoms with van der Waals surface area (Å²) in [6.45, 7) is 1.21. The van der Waals surface area contributed by atoms with E-state index in [2.05, 4.69) is 4.90 Å². The molecule has 2 aliphatic carbocycles. The summed E-state index contributed by atoms with van der Waals surface area (Å²) in [7, 11) is 0. The Morgan fingerprint density at radius 2 is 1.90 bits per heavy atom. The molecule has 4 rings (SSSR count). The van der Waals surface area contributed by atoms with Gasteiger partial charge < -0.3 is 10.6 Å². The van der Waals surface area contributed by atoms with Crippen LogP contribution < -0.4 is 10.6 Å². The first-order chi connectivity index (χ1) is 9.83. The number of hydrogen-bond donors (Lipinski definition) is 1. The lowest BCUT2D eigenvalue weighted by Gasteiger charge is -2.44. The van der Waals surface area contributed by atoms with E-state index < -0.39 is 0 Å². The maximum absolute atomic E-state index is 6.27. The van der Waals surface area contributed by atoms with Gasteiger partial charge in [-0.2, -0.15) is 0 Å². The Bertz CT molecular complexity index is 482. The lowest BCUT2D eigenvalue weighted by molar-refractivity contribution is 0.243. The molecule has 2 N–H and O–H groups in total. The lowest BCUT2D eigenvalue weighted by atomic mass is 9.78.